The van der Waals surface area contributed by atoms with Crippen LogP contribution < -0.4 is 0 Å². The van der Waals surface area contributed by atoms with Gasteiger partial charge >= 0.3 is 6.18 Å². The molecule has 0 N–H and O–H groups in total. The fourth-order valence-electron chi connectivity index (χ4n) is 6.76. The van der Waals surface area contributed by atoms with E-state index in [2.05, 4.69) is 0 Å². The van der Waals surface area contributed by atoms with Crippen molar-refractivity contribution in [1.29, 1.82) is 0 Å². The Kier molecular flexibility index (Phi) is 5.65. The summed E-state index contributed by atoms with van der Waals surface area (Å²) >= 11 is 0. The number of amides is 3. The first-order valence-corrected chi connectivity index (χ1v) is 13.0. The van der Waals surface area contributed by atoms with Crippen LogP contribution in [0.1, 0.15) is 99.2 Å². The van der Waals surface area contributed by atoms with Crippen LogP contribution in [0, 0.1) is 5.92 Å². The summed E-state index contributed by atoms with van der Waals surface area (Å²) in [4.78, 5) is 56.9. The van der Waals surface area contributed by atoms with Crippen molar-refractivity contribution in [2.45, 2.75) is 76.0 Å². The molecule has 2 aromatic carbocycles. The second-order valence-electron chi connectivity index (χ2n) is 10.7. The highest BCUT2D eigenvalue weighted by molar-refractivity contribution is 6.31. The topological polar surface area (TPSA) is 74.8 Å². The van der Waals surface area contributed by atoms with E-state index < -0.39 is 35.9 Å². The van der Waals surface area contributed by atoms with Crippen LogP contribution in [0.4, 0.5) is 13.2 Å². The third-order valence-corrected chi connectivity index (χ3v) is 8.70. The Morgan fingerprint density at radius 3 is 1.70 bits per heavy atom. The van der Waals surface area contributed by atoms with Gasteiger partial charge in [-0.15, -0.1) is 0 Å². The number of hydrogen-bond acceptors (Lipinski definition) is 4. The van der Waals surface area contributed by atoms with E-state index in [0.29, 0.717) is 21.9 Å². The van der Waals surface area contributed by atoms with Crippen molar-refractivity contribution in [3.05, 3.63) is 46.5 Å². The second-order valence-corrected chi connectivity index (χ2v) is 10.7. The average molecular weight is 513 g/mol. The molecule has 4 aliphatic rings. The number of hydrogen-bond donors (Lipinski definition) is 0. The smallest absolute Gasteiger partial charge is 0.328 e. The van der Waals surface area contributed by atoms with Crippen molar-refractivity contribution < 1.29 is 32.3 Å². The second kappa shape index (κ2) is 8.67. The van der Waals surface area contributed by atoms with Crippen LogP contribution in [-0.4, -0.2) is 58.1 Å². The lowest BCUT2D eigenvalue weighted by molar-refractivity contribution is -0.183. The lowest BCUT2D eigenvalue weighted by atomic mass is 9.84. The summed E-state index contributed by atoms with van der Waals surface area (Å²) in [5.74, 6) is -2.99. The molecule has 194 valence electrons. The number of Topliss-reactive ketones (excluding diaryl/α,β-unsaturated/α-hetero) is 1. The van der Waals surface area contributed by atoms with Crippen LogP contribution in [0.25, 0.3) is 10.8 Å². The van der Waals surface area contributed by atoms with Crippen LogP contribution in [-0.2, 0) is 0 Å². The quantitative estimate of drug-likeness (QED) is 0.496. The van der Waals surface area contributed by atoms with Gasteiger partial charge in [-0.05, 0) is 62.8 Å². The number of benzene rings is 2. The molecule has 0 atom stereocenters. The van der Waals surface area contributed by atoms with Gasteiger partial charge < -0.3 is 4.90 Å². The van der Waals surface area contributed by atoms with Gasteiger partial charge in [0.1, 0.15) is 0 Å². The molecule has 2 fully saturated rings. The maximum Gasteiger partial charge on any atom is 0.391 e. The predicted molar refractivity (Wildman–Crippen MR) is 128 cm³/mol. The van der Waals surface area contributed by atoms with Gasteiger partial charge in [0.2, 0.25) is 0 Å². The summed E-state index contributed by atoms with van der Waals surface area (Å²) in [5.41, 5.74) is 1.09. The molecule has 0 saturated heterocycles. The third kappa shape index (κ3) is 3.77. The Bertz CT molecular complexity index is 1310. The van der Waals surface area contributed by atoms with Crippen LogP contribution in [0.15, 0.2) is 24.3 Å². The van der Waals surface area contributed by atoms with Gasteiger partial charge in [-0.1, -0.05) is 19.3 Å². The van der Waals surface area contributed by atoms with Crippen molar-refractivity contribution in [2.75, 3.05) is 6.54 Å². The molecule has 2 aliphatic heterocycles. The molecule has 6 rings (SSSR count). The number of imide groups is 1. The van der Waals surface area contributed by atoms with Gasteiger partial charge in [-0.25, -0.2) is 0 Å². The summed E-state index contributed by atoms with van der Waals surface area (Å²) in [6.07, 6.45) is 0.384. The van der Waals surface area contributed by atoms with Crippen molar-refractivity contribution in [3.63, 3.8) is 0 Å². The first-order chi connectivity index (χ1) is 17.7. The molecule has 2 aliphatic carbocycles. The fraction of sp³-hybridized carbons (Fsp3) is 0.500. The van der Waals surface area contributed by atoms with Crippen molar-refractivity contribution >= 4 is 34.3 Å². The van der Waals surface area contributed by atoms with Crippen LogP contribution in [0.2, 0.25) is 0 Å². The first-order valence-electron chi connectivity index (χ1n) is 13.0. The molecule has 3 amide bonds. The Balaban J connectivity index is 1.40. The Hall–Kier alpha value is -3.23. The van der Waals surface area contributed by atoms with Gasteiger partial charge in [0, 0.05) is 45.1 Å². The summed E-state index contributed by atoms with van der Waals surface area (Å²) in [6.45, 7) is -0.241. The number of rotatable bonds is 2. The lowest BCUT2D eigenvalue weighted by Gasteiger charge is -2.37. The molecule has 0 radical (unpaired) electrons. The van der Waals surface area contributed by atoms with Crippen LogP contribution >= 0.6 is 0 Å². The molecule has 2 heterocycles. The van der Waals surface area contributed by atoms with E-state index in [0.717, 1.165) is 32.1 Å². The monoisotopic (exact) mass is 512 g/mol. The van der Waals surface area contributed by atoms with E-state index in [-0.39, 0.29) is 55.2 Å². The standard InChI is InChI=1S/C28H27F3N2O4/c29-28(30,31)15-6-8-16(9-7-15)32-14-22(34)18-10-11-20-24-21(13-12-19(23(18)24)25(32)35)27(37)33(26(20)36)17-4-2-1-3-5-17/h10-13,15-17H,1-9,14H2. The summed E-state index contributed by atoms with van der Waals surface area (Å²) in [6, 6.07) is 5.57. The molecule has 0 spiro atoms. The van der Waals surface area contributed by atoms with Gasteiger partial charge in [0.25, 0.3) is 17.7 Å². The van der Waals surface area contributed by atoms with E-state index in [1.165, 1.54) is 15.9 Å². The minimum absolute atomic E-state index is 0.0857. The van der Waals surface area contributed by atoms with E-state index in [9.17, 15) is 32.3 Å². The first kappa shape index (κ1) is 24.1. The molecule has 0 unspecified atom stereocenters. The number of alkyl halides is 3. The van der Waals surface area contributed by atoms with E-state index in [1.807, 2.05) is 0 Å². The number of carbonyl (C=O) groups is 4. The Labute approximate surface area is 211 Å². The fourth-order valence-corrected chi connectivity index (χ4v) is 6.76. The highest BCUT2D eigenvalue weighted by Gasteiger charge is 2.45. The Morgan fingerprint density at radius 2 is 1.14 bits per heavy atom. The molecule has 9 heteroatoms. The average Bonchev–Trinajstić information content (AvgIpc) is 2.99. The van der Waals surface area contributed by atoms with Crippen molar-refractivity contribution in [3.8, 4) is 0 Å². The zero-order valence-electron chi connectivity index (χ0n) is 20.3. The number of ketones is 1. The largest absolute Gasteiger partial charge is 0.391 e. The van der Waals surface area contributed by atoms with Crippen LogP contribution in [0.3, 0.4) is 0 Å². The number of carbonyl (C=O) groups excluding carboxylic acids is 4. The molecule has 2 saturated carbocycles. The molecular formula is C28H27F3N2O4. The number of halogens is 3. The highest BCUT2D eigenvalue weighted by Crippen LogP contribution is 2.42. The molecule has 0 bridgehead atoms. The molecular weight excluding hydrogens is 485 g/mol. The zero-order chi connectivity index (χ0) is 26.1. The van der Waals surface area contributed by atoms with E-state index in [1.54, 1.807) is 18.2 Å². The van der Waals surface area contributed by atoms with Gasteiger partial charge in [-0.3, -0.25) is 24.1 Å². The normalized spacial score (nSPS) is 25.2. The molecule has 2 aromatic rings. The Morgan fingerprint density at radius 1 is 0.622 bits per heavy atom. The minimum atomic E-state index is -4.27. The van der Waals surface area contributed by atoms with Gasteiger partial charge in [0.15, 0.2) is 5.78 Å². The van der Waals surface area contributed by atoms with Gasteiger partial charge in [-0.2, -0.15) is 13.2 Å². The van der Waals surface area contributed by atoms with E-state index >= 15 is 0 Å². The number of nitrogens with zero attached hydrogens (tertiary/aromatic N) is 2. The van der Waals surface area contributed by atoms with E-state index in [4.69, 9.17) is 0 Å². The molecule has 37 heavy (non-hydrogen) atoms. The zero-order valence-corrected chi connectivity index (χ0v) is 20.3. The maximum atomic E-state index is 13.7. The summed E-state index contributed by atoms with van der Waals surface area (Å²) < 4.78 is 39.5. The van der Waals surface area contributed by atoms with Crippen LogP contribution in [0.5, 0.6) is 0 Å². The van der Waals surface area contributed by atoms with Crippen molar-refractivity contribution in [2.24, 2.45) is 5.92 Å². The summed E-state index contributed by atoms with van der Waals surface area (Å²) in [5, 5.41) is 0.642. The SMILES string of the molecule is O=C1CN(C2CCC(C(F)(F)F)CC2)C(=O)c2ccc3c4c(ccc1c24)C(=O)N(C1CCCCC1)C3=O. The maximum absolute atomic E-state index is 13.7. The lowest BCUT2D eigenvalue weighted by Crippen LogP contribution is -2.47. The molecule has 0 aromatic heterocycles. The minimum Gasteiger partial charge on any atom is -0.328 e. The third-order valence-electron chi connectivity index (χ3n) is 8.70. The molecule has 6 nitrogen and oxygen atoms in total. The predicted octanol–water partition coefficient (Wildman–Crippen LogP) is 5.53. The van der Waals surface area contributed by atoms with Gasteiger partial charge in [0.05, 0.1) is 12.5 Å². The summed E-state index contributed by atoms with van der Waals surface area (Å²) in [7, 11) is 0. The highest BCUT2D eigenvalue weighted by atomic mass is 19.4. The van der Waals surface area contributed by atoms with Crippen molar-refractivity contribution in [1.82, 2.24) is 9.80 Å².